The van der Waals surface area contributed by atoms with Gasteiger partial charge in [0.2, 0.25) is 15.0 Å². The first-order valence-electron chi connectivity index (χ1n) is 7.36. The van der Waals surface area contributed by atoms with Gasteiger partial charge in [0.05, 0.1) is 13.7 Å². The summed E-state index contributed by atoms with van der Waals surface area (Å²) in [5.74, 6) is 1.12. The molecule has 6 nitrogen and oxygen atoms in total. The number of carbonyl (C=O) groups excluding carboxylic acids is 1. The maximum Gasteiger partial charge on any atom is 0.237 e. The highest BCUT2D eigenvalue weighted by Gasteiger charge is 2.36. The molecule has 1 aromatic rings. The van der Waals surface area contributed by atoms with Gasteiger partial charge in [0.25, 0.3) is 0 Å². The molecule has 0 radical (unpaired) electrons. The number of rotatable bonds is 7. The lowest BCUT2D eigenvalue weighted by molar-refractivity contribution is -0.127. The van der Waals surface area contributed by atoms with Crippen LogP contribution in [0.1, 0.15) is 18.9 Å². The van der Waals surface area contributed by atoms with Gasteiger partial charge in [0, 0.05) is 30.2 Å². The van der Waals surface area contributed by atoms with Crippen molar-refractivity contribution in [1.82, 2.24) is 4.90 Å². The van der Waals surface area contributed by atoms with E-state index in [-0.39, 0.29) is 18.9 Å². The second-order valence-corrected chi connectivity index (χ2v) is 8.22. The SMILES string of the molecule is CCOc1ccc(CCN2CC(S(=O)(=O)Cl)CC2=O)cc1OC. The zero-order chi connectivity index (χ0) is 17.0. The summed E-state index contributed by atoms with van der Waals surface area (Å²) in [5, 5.41) is -0.813. The minimum absolute atomic E-state index is 0.0432. The largest absolute Gasteiger partial charge is 0.493 e. The molecule has 1 aromatic carbocycles. The molecule has 1 aliphatic heterocycles. The molecule has 1 aliphatic rings. The summed E-state index contributed by atoms with van der Waals surface area (Å²) in [6, 6.07) is 5.60. The predicted molar refractivity (Wildman–Crippen MR) is 87.6 cm³/mol. The van der Waals surface area contributed by atoms with Gasteiger partial charge in [0.15, 0.2) is 11.5 Å². The highest BCUT2D eigenvalue weighted by atomic mass is 35.7. The first kappa shape index (κ1) is 17.9. The Bertz CT molecular complexity index is 676. The molecule has 1 amide bonds. The van der Waals surface area contributed by atoms with Crippen LogP contribution >= 0.6 is 10.7 Å². The molecule has 1 saturated heterocycles. The zero-order valence-electron chi connectivity index (χ0n) is 13.1. The fourth-order valence-corrected chi connectivity index (χ4v) is 3.60. The van der Waals surface area contributed by atoms with Gasteiger partial charge in [-0.2, -0.15) is 0 Å². The van der Waals surface area contributed by atoms with Gasteiger partial charge in [0.1, 0.15) is 5.25 Å². The molecule has 1 fully saturated rings. The van der Waals surface area contributed by atoms with Gasteiger partial charge in [-0.15, -0.1) is 0 Å². The van der Waals surface area contributed by atoms with Crippen molar-refractivity contribution < 1.29 is 22.7 Å². The summed E-state index contributed by atoms with van der Waals surface area (Å²) >= 11 is 0. The average molecular weight is 362 g/mol. The first-order chi connectivity index (χ1) is 10.8. The Labute approximate surface area is 140 Å². The number of methoxy groups -OCH3 is 1. The van der Waals surface area contributed by atoms with Crippen molar-refractivity contribution in [2.24, 2.45) is 0 Å². The Kier molecular flexibility index (Phi) is 5.75. The van der Waals surface area contributed by atoms with Crippen LogP contribution in [0.25, 0.3) is 0 Å². The van der Waals surface area contributed by atoms with Crippen molar-refractivity contribution in [3.8, 4) is 11.5 Å². The third kappa shape index (κ3) is 4.51. The summed E-state index contributed by atoms with van der Waals surface area (Å²) in [6.07, 6.45) is 0.558. The molecule has 8 heteroatoms. The number of likely N-dealkylation sites (tertiary alicyclic amines) is 1. The van der Waals surface area contributed by atoms with Crippen LogP contribution in [0.4, 0.5) is 0 Å². The zero-order valence-corrected chi connectivity index (χ0v) is 14.7. The second kappa shape index (κ2) is 7.40. The van der Waals surface area contributed by atoms with E-state index < -0.39 is 14.3 Å². The van der Waals surface area contributed by atoms with Crippen LogP contribution in [0, 0.1) is 0 Å². The number of hydrogen-bond acceptors (Lipinski definition) is 5. The van der Waals surface area contributed by atoms with E-state index in [0.717, 1.165) is 5.56 Å². The molecule has 2 rings (SSSR count). The Balaban J connectivity index is 2.00. The van der Waals surface area contributed by atoms with Crippen molar-refractivity contribution in [3.05, 3.63) is 23.8 Å². The quantitative estimate of drug-likeness (QED) is 0.692. The van der Waals surface area contributed by atoms with E-state index in [1.165, 1.54) is 4.90 Å². The van der Waals surface area contributed by atoms with E-state index in [1.54, 1.807) is 7.11 Å². The summed E-state index contributed by atoms with van der Waals surface area (Å²) in [6.45, 7) is 3.04. The molecule has 0 N–H and O–H groups in total. The van der Waals surface area contributed by atoms with E-state index in [2.05, 4.69) is 0 Å². The Morgan fingerprint density at radius 1 is 1.35 bits per heavy atom. The smallest absolute Gasteiger partial charge is 0.237 e. The predicted octanol–water partition coefficient (Wildman–Crippen LogP) is 1.81. The van der Waals surface area contributed by atoms with Crippen molar-refractivity contribution >= 4 is 25.6 Å². The van der Waals surface area contributed by atoms with E-state index in [1.807, 2.05) is 25.1 Å². The van der Waals surface area contributed by atoms with Crippen LogP contribution in [-0.4, -0.2) is 51.3 Å². The Morgan fingerprint density at radius 3 is 2.65 bits per heavy atom. The second-order valence-electron chi connectivity index (χ2n) is 5.31. The molecule has 0 aliphatic carbocycles. The minimum atomic E-state index is -3.70. The van der Waals surface area contributed by atoms with Gasteiger partial charge in [-0.3, -0.25) is 4.79 Å². The van der Waals surface area contributed by atoms with E-state index in [0.29, 0.717) is 31.1 Å². The lowest BCUT2D eigenvalue weighted by atomic mass is 10.1. The van der Waals surface area contributed by atoms with Gasteiger partial charge in [-0.1, -0.05) is 6.07 Å². The lowest BCUT2D eigenvalue weighted by Gasteiger charge is -2.17. The monoisotopic (exact) mass is 361 g/mol. The standard InChI is InChI=1S/C15H20ClNO5S/c1-3-22-13-5-4-11(8-14(13)21-2)6-7-17-10-12(9-15(17)18)23(16,19)20/h4-5,8,12H,3,6-7,9-10H2,1-2H3. The average Bonchev–Trinajstić information content (AvgIpc) is 2.88. The van der Waals surface area contributed by atoms with Gasteiger partial charge in [-0.05, 0) is 31.0 Å². The normalized spacial score (nSPS) is 18.3. The molecule has 1 unspecified atom stereocenters. The maximum atomic E-state index is 11.9. The number of hydrogen-bond donors (Lipinski definition) is 0. The molecule has 128 valence electrons. The number of amides is 1. The third-order valence-electron chi connectivity index (χ3n) is 3.78. The minimum Gasteiger partial charge on any atom is -0.493 e. The van der Waals surface area contributed by atoms with Crippen molar-refractivity contribution in [3.63, 3.8) is 0 Å². The summed E-state index contributed by atoms with van der Waals surface area (Å²) < 4.78 is 33.4. The lowest BCUT2D eigenvalue weighted by Crippen LogP contribution is -2.29. The fourth-order valence-electron chi connectivity index (χ4n) is 2.55. The van der Waals surface area contributed by atoms with E-state index in [4.69, 9.17) is 20.2 Å². The van der Waals surface area contributed by atoms with Crippen LogP contribution in [0.15, 0.2) is 18.2 Å². The molecular formula is C15H20ClNO5S. The van der Waals surface area contributed by atoms with Gasteiger partial charge >= 0.3 is 0 Å². The van der Waals surface area contributed by atoms with Crippen LogP contribution in [0.3, 0.4) is 0 Å². The fraction of sp³-hybridized carbons (Fsp3) is 0.533. The Morgan fingerprint density at radius 2 is 2.09 bits per heavy atom. The molecule has 0 bridgehead atoms. The van der Waals surface area contributed by atoms with E-state index in [9.17, 15) is 13.2 Å². The topological polar surface area (TPSA) is 72.9 Å². The molecule has 0 aromatic heterocycles. The number of ether oxygens (including phenoxy) is 2. The number of halogens is 1. The number of nitrogens with zero attached hydrogens (tertiary/aromatic N) is 1. The molecule has 0 spiro atoms. The summed E-state index contributed by atoms with van der Waals surface area (Å²) in [4.78, 5) is 13.4. The third-order valence-corrected chi connectivity index (χ3v) is 5.64. The number of benzene rings is 1. The molecule has 23 heavy (non-hydrogen) atoms. The van der Waals surface area contributed by atoms with Crippen molar-refractivity contribution in [2.75, 3.05) is 26.8 Å². The van der Waals surface area contributed by atoms with Crippen LogP contribution in [0.5, 0.6) is 11.5 Å². The highest BCUT2D eigenvalue weighted by Crippen LogP contribution is 2.28. The van der Waals surface area contributed by atoms with Crippen molar-refractivity contribution in [2.45, 2.75) is 25.0 Å². The maximum absolute atomic E-state index is 11.9. The molecule has 1 heterocycles. The highest BCUT2D eigenvalue weighted by molar-refractivity contribution is 8.14. The van der Waals surface area contributed by atoms with Crippen LogP contribution in [0.2, 0.25) is 0 Å². The van der Waals surface area contributed by atoms with Gasteiger partial charge in [-0.25, -0.2) is 8.42 Å². The van der Waals surface area contributed by atoms with Crippen LogP contribution in [-0.2, 0) is 20.3 Å². The molecular weight excluding hydrogens is 342 g/mol. The summed E-state index contributed by atoms with van der Waals surface area (Å²) in [5.41, 5.74) is 0.982. The number of carbonyl (C=O) groups is 1. The van der Waals surface area contributed by atoms with Gasteiger partial charge < -0.3 is 14.4 Å². The molecule has 0 saturated carbocycles. The summed E-state index contributed by atoms with van der Waals surface area (Å²) in [7, 11) is 3.21. The first-order valence-corrected chi connectivity index (χ1v) is 9.73. The Hall–Kier alpha value is -1.47. The van der Waals surface area contributed by atoms with Crippen LogP contribution < -0.4 is 9.47 Å². The van der Waals surface area contributed by atoms with E-state index >= 15 is 0 Å². The van der Waals surface area contributed by atoms with Crippen molar-refractivity contribution in [1.29, 1.82) is 0 Å². The molecule has 1 atom stereocenters.